The quantitative estimate of drug-likeness (QED) is 0.546. The Bertz CT molecular complexity index is 1030. The SMILES string of the molecule is CCOc1ccc2ccccc2c1C=NNC(=O)C1COc2ccccc2O1. The highest BCUT2D eigenvalue weighted by atomic mass is 16.6. The summed E-state index contributed by atoms with van der Waals surface area (Å²) in [6, 6.07) is 19.1. The predicted octanol–water partition coefficient (Wildman–Crippen LogP) is 3.53. The number of nitrogens with one attached hydrogen (secondary N) is 1. The monoisotopic (exact) mass is 376 g/mol. The van der Waals surface area contributed by atoms with Gasteiger partial charge in [0.1, 0.15) is 12.4 Å². The van der Waals surface area contributed by atoms with E-state index in [0.717, 1.165) is 16.3 Å². The van der Waals surface area contributed by atoms with Gasteiger partial charge in [-0.3, -0.25) is 4.79 Å². The molecule has 0 radical (unpaired) electrons. The van der Waals surface area contributed by atoms with E-state index in [1.165, 1.54) is 0 Å². The lowest BCUT2D eigenvalue weighted by atomic mass is 10.0. The van der Waals surface area contributed by atoms with Gasteiger partial charge in [-0.25, -0.2) is 5.43 Å². The largest absolute Gasteiger partial charge is 0.493 e. The third kappa shape index (κ3) is 3.62. The molecular formula is C22H20N2O4. The van der Waals surface area contributed by atoms with E-state index < -0.39 is 6.10 Å². The molecule has 0 spiro atoms. The number of hydrazone groups is 1. The van der Waals surface area contributed by atoms with Crippen molar-refractivity contribution >= 4 is 22.9 Å². The maximum Gasteiger partial charge on any atom is 0.284 e. The normalized spacial score (nSPS) is 15.5. The van der Waals surface area contributed by atoms with Crippen LogP contribution in [-0.2, 0) is 4.79 Å². The molecule has 1 amide bonds. The first-order chi connectivity index (χ1) is 13.8. The van der Waals surface area contributed by atoms with Gasteiger partial charge < -0.3 is 14.2 Å². The molecule has 28 heavy (non-hydrogen) atoms. The summed E-state index contributed by atoms with van der Waals surface area (Å²) < 4.78 is 17.0. The van der Waals surface area contributed by atoms with Gasteiger partial charge in [0.15, 0.2) is 11.5 Å². The van der Waals surface area contributed by atoms with Crippen LogP contribution in [0.25, 0.3) is 10.8 Å². The van der Waals surface area contributed by atoms with E-state index in [4.69, 9.17) is 14.2 Å². The van der Waals surface area contributed by atoms with Crippen molar-refractivity contribution < 1.29 is 19.0 Å². The fraction of sp³-hybridized carbons (Fsp3) is 0.182. The smallest absolute Gasteiger partial charge is 0.284 e. The van der Waals surface area contributed by atoms with E-state index in [2.05, 4.69) is 10.5 Å². The van der Waals surface area contributed by atoms with Gasteiger partial charge in [0.05, 0.1) is 12.8 Å². The first-order valence-electron chi connectivity index (χ1n) is 9.12. The molecule has 142 valence electrons. The number of amides is 1. The standard InChI is InChI=1S/C22H20N2O4/c1-2-26-18-12-11-15-7-3-4-8-16(15)17(18)13-23-24-22(25)21-14-27-19-9-5-6-10-20(19)28-21/h3-13,21H,2,14H2,1H3,(H,24,25). The number of benzene rings is 3. The third-order valence-electron chi connectivity index (χ3n) is 4.40. The third-order valence-corrected chi connectivity index (χ3v) is 4.40. The molecule has 1 atom stereocenters. The van der Waals surface area contributed by atoms with Gasteiger partial charge in [0.25, 0.3) is 5.91 Å². The first-order valence-corrected chi connectivity index (χ1v) is 9.12. The number of para-hydroxylation sites is 2. The highest BCUT2D eigenvalue weighted by Crippen LogP contribution is 2.31. The molecule has 1 aliphatic heterocycles. The summed E-state index contributed by atoms with van der Waals surface area (Å²) in [5.41, 5.74) is 3.35. The molecule has 0 fully saturated rings. The van der Waals surface area contributed by atoms with Crippen molar-refractivity contribution in [2.45, 2.75) is 13.0 Å². The molecule has 3 aromatic rings. The Balaban J connectivity index is 1.51. The molecule has 1 N–H and O–H groups in total. The minimum atomic E-state index is -0.758. The van der Waals surface area contributed by atoms with E-state index in [-0.39, 0.29) is 12.5 Å². The Hall–Kier alpha value is -3.54. The van der Waals surface area contributed by atoms with Gasteiger partial charge in [0.2, 0.25) is 6.10 Å². The van der Waals surface area contributed by atoms with E-state index in [9.17, 15) is 4.79 Å². The maximum atomic E-state index is 12.4. The zero-order chi connectivity index (χ0) is 19.3. The van der Waals surface area contributed by atoms with Crippen LogP contribution in [0.3, 0.4) is 0 Å². The average Bonchev–Trinajstić information content (AvgIpc) is 2.74. The van der Waals surface area contributed by atoms with Crippen molar-refractivity contribution in [1.82, 2.24) is 5.43 Å². The lowest BCUT2D eigenvalue weighted by Gasteiger charge is -2.24. The molecule has 0 saturated heterocycles. The van der Waals surface area contributed by atoms with Crippen LogP contribution in [0.5, 0.6) is 17.2 Å². The number of carbonyl (C=O) groups excluding carboxylic acids is 1. The summed E-state index contributed by atoms with van der Waals surface area (Å²) >= 11 is 0. The van der Waals surface area contributed by atoms with Gasteiger partial charge >= 0.3 is 0 Å². The van der Waals surface area contributed by atoms with E-state index in [1.54, 1.807) is 18.3 Å². The molecule has 1 unspecified atom stereocenters. The zero-order valence-corrected chi connectivity index (χ0v) is 15.4. The number of carbonyl (C=O) groups is 1. The zero-order valence-electron chi connectivity index (χ0n) is 15.4. The van der Waals surface area contributed by atoms with Crippen molar-refractivity contribution in [3.05, 3.63) is 66.2 Å². The number of hydrogen-bond donors (Lipinski definition) is 1. The molecule has 0 bridgehead atoms. The Morgan fingerprint density at radius 1 is 1.14 bits per heavy atom. The summed E-state index contributed by atoms with van der Waals surface area (Å²) in [7, 11) is 0. The maximum absolute atomic E-state index is 12.4. The van der Waals surface area contributed by atoms with Gasteiger partial charge in [-0.05, 0) is 35.9 Å². The molecule has 6 heteroatoms. The molecule has 0 aliphatic carbocycles. The van der Waals surface area contributed by atoms with Crippen LogP contribution < -0.4 is 19.6 Å². The first kappa shape index (κ1) is 17.9. The highest BCUT2D eigenvalue weighted by Gasteiger charge is 2.27. The average molecular weight is 376 g/mol. The molecule has 4 rings (SSSR count). The van der Waals surface area contributed by atoms with Crippen molar-refractivity contribution in [2.24, 2.45) is 5.10 Å². The summed E-state index contributed by atoms with van der Waals surface area (Å²) in [6.07, 6.45) is 0.842. The second kappa shape index (κ2) is 8.00. The molecule has 1 heterocycles. The predicted molar refractivity (Wildman–Crippen MR) is 107 cm³/mol. The number of rotatable bonds is 5. The summed E-state index contributed by atoms with van der Waals surface area (Å²) in [4.78, 5) is 12.4. The second-order valence-corrected chi connectivity index (χ2v) is 6.23. The Morgan fingerprint density at radius 3 is 2.79 bits per heavy atom. The van der Waals surface area contributed by atoms with Crippen LogP contribution in [0, 0.1) is 0 Å². The highest BCUT2D eigenvalue weighted by molar-refractivity contribution is 6.02. The topological polar surface area (TPSA) is 69.2 Å². The van der Waals surface area contributed by atoms with Gasteiger partial charge in [-0.15, -0.1) is 0 Å². The number of nitrogens with zero attached hydrogens (tertiary/aromatic N) is 1. The summed E-state index contributed by atoms with van der Waals surface area (Å²) in [5, 5.41) is 6.19. The summed E-state index contributed by atoms with van der Waals surface area (Å²) in [6.45, 7) is 2.60. The summed E-state index contributed by atoms with van der Waals surface area (Å²) in [5.74, 6) is 1.52. The van der Waals surface area contributed by atoms with E-state index in [1.807, 2.05) is 55.5 Å². The minimum Gasteiger partial charge on any atom is -0.493 e. The molecule has 6 nitrogen and oxygen atoms in total. The number of ether oxygens (including phenoxy) is 3. The van der Waals surface area contributed by atoms with Gasteiger partial charge in [0, 0.05) is 5.56 Å². The van der Waals surface area contributed by atoms with Crippen molar-refractivity contribution in [1.29, 1.82) is 0 Å². The van der Waals surface area contributed by atoms with Crippen molar-refractivity contribution in [3.8, 4) is 17.2 Å². The van der Waals surface area contributed by atoms with Crippen molar-refractivity contribution in [2.75, 3.05) is 13.2 Å². The van der Waals surface area contributed by atoms with E-state index >= 15 is 0 Å². The molecule has 0 saturated carbocycles. The van der Waals surface area contributed by atoms with Crippen LogP contribution in [0.15, 0.2) is 65.8 Å². The van der Waals surface area contributed by atoms with Crippen LogP contribution in [-0.4, -0.2) is 31.4 Å². The Labute approximate surface area is 162 Å². The van der Waals surface area contributed by atoms with E-state index in [0.29, 0.717) is 23.9 Å². The molecule has 1 aliphatic rings. The Kier molecular flexibility index (Phi) is 5.10. The van der Waals surface area contributed by atoms with Gasteiger partial charge in [-0.2, -0.15) is 5.10 Å². The van der Waals surface area contributed by atoms with Crippen LogP contribution in [0.1, 0.15) is 12.5 Å². The van der Waals surface area contributed by atoms with Crippen LogP contribution in [0.2, 0.25) is 0 Å². The van der Waals surface area contributed by atoms with Crippen molar-refractivity contribution in [3.63, 3.8) is 0 Å². The molecule has 0 aromatic heterocycles. The Morgan fingerprint density at radius 2 is 1.93 bits per heavy atom. The molecule has 3 aromatic carbocycles. The number of hydrogen-bond acceptors (Lipinski definition) is 5. The lowest BCUT2D eigenvalue weighted by Crippen LogP contribution is -2.42. The van der Waals surface area contributed by atoms with Crippen LogP contribution in [0.4, 0.5) is 0 Å². The minimum absolute atomic E-state index is 0.136. The second-order valence-electron chi connectivity index (χ2n) is 6.23. The van der Waals surface area contributed by atoms with Gasteiger partial charge in [-0.1, -0.05) is 42.5 Å². The molecular weight excluding hydrogens is 356 g/mol. The fourth-order valence-electron chi connectivity index (χ4n) is 3.07. The number of fused-ring (bicyclic) bond motifs is 2. The lowest BCUT2D eigenvalue weighted by molar-refractivity contribution is -0.130. The van der Waals surface area contributed by atoms with Crippen LogP contribution >= 0.6 is 0 Å². The fourth-order valence-corrected chi connectivity index (χ4v) is 3.07.